The number of fused-ring (bicyclic) bond motifs is 3. The van der Waals surface area contributed by atoms with Crippen LogP contribution in [0.2, 0.25) is 5.02 Å². The number of benzene rings is 6. The maximum Gasteiger partial charge on any atom is 0.263 e. The first-order chi connectivity index (χ1) is 51.4. The van der Waals surface area contributed by atoms with Crippen molar-refractivity contribution in [3.8, 4) is 0 Å². The first-order valence-electron chi connectivity index (χ1n) is 33.6. The van der Waals surface area contributed by atoms with E-state index in [2.05, 4.69) is 61.9 Å². The number of thiazole rings is 2. The lowest BCUT2D eigenvalue weighted by atomic mass is 10.1. The highest BCUT2D eigenvalue weighted by molar-refractivity contribution is 7.93. The van der Waals surface area contributed by atoms with Gasteiger partial charge < -0.3 is 43.9 Å². The first kappa shape index (κ1) is 74.4. The average Bonchev–Trinajstić information content (AvgIpc) is 1.75. The number of para-hydroxylation sites is 2. The first-order valence-corrected chi connectivity index (χ1v) is 40.2. The molecule has 107 heavy (non-hydrogen) atoms. The molecule has 0 saturated carbocycles. The molecule has 3 fully saturated rings. The van der Waals surface area contributed by atoms with Crippen molar-refractivity contribution in [1.82, 2.24) is 44.2 Å². The summed E-state index contributed by atoms with van der Waals surface area (Å²) >= 11 is 8.75. The molecule has 11 aromatic rings. The van der Waals surface area contributed by atoms with Crippen LogP contribution in [0.25, 0.3) is 21.8 Å². The number of carbonyl (C=O) groups is 5. The van der Waals surface area contributed by atoms with Crippen molar-refractivity contribution in [3.63, 3.8) is 0 Å². The quantitative estimate of drug-likeness (QED) is 0.0620. The summed E-state index contributed by atoms with van der Waals surface area (Å²) in [5.74, 6) is -1.89. The lowest BCUT2D eigenvalue weighted by Crippen LogP contribution is -2.54. The van der Waals surface area contributed by atoms with Crippen molar-refractivity contribution in [2.24, 2.45) is 0 Å². The van der Waals surface area contributed by atoms with Gasteiger partial charge >= 0.3 is 0 Å². The van der Waals surface area contributed by atoms with Crippen LogP contribution < -0.4 is 33.8 Å². The second kappa shape index (κ2) is 31.6. The van der Waals surface area contributed by atoms with E-state index in [9.17, 15) is 58.0 Å². The van der Waals surface area contributed by atoms with E-state index < -0.39 is 53.7 Å². The molecule has 0 spiro atoms. The molecule has 0 bridgehead atoms. The van der Waals surface area contributed by atoms with Gasteiger partial charge in [0.05, 0.1) is 36.5 Å². The van der Waals surface area contributed by atoms with Gasteiger partial charge in [-0.25, -0.2) is 54.0 Å². The van der Waals surface area contributed by atoms with Gasteiger partial charge in [0.25, 0.3) is 36.0 Å². The fourth-order valence-corrected chi connectivity index (χ4v) is 18.0. The summed E-state index contributed by atoms with van der Waals surface area (Å²) in [7, 11) is -11.4. The van der Waals surface area contributed by atoms with E-state index in [0.29, 0.717) is 66.9 Å². The Hall–Kier alpha value is -10.9. The summed E-state index contributed by atoms with van der Waals surface area (Å²) in [4.78, 5) is 95.8. The number of aromatic amines is 1. The Bertz CT molecular complexity index is 5490. The second-order valence-electron chi connectivity index (χ2n) is 25.2. The fraction of sp³-hybridized carbons (Fsp3) is 0.236. The molecule has 0 radical (unpaired) electrons. The summed E-state index contributed by atoms with van der Waals surface area (Å²) in [5.41, 5.74) is 5.31. The van der Waals surface area contributed by atoms with Crippen molar-refractivity contribution < 1.29 is 65.1 Å². The fourth-order valence-electron chi connectivity index (χ4n) is 13.1. The van der Waals surface area contributed by atoms with Gasteiger partial charge in [-0.2, -0.15) is 0 Å². The molecule has 3 saturated heterocycles. The minimum Gasteiger partial charge on any atom is -0.369 e. The number of halogens is 3. The Kier molecular flexibility index (Phi) is 22.0. The molecule has 5 aromatic heterocycles. The van der Waals surface area contributed by atoms with Crippen LogP contribution in [0.1, 0.15) is 49.4 Å². The molecule has 6 aromatic carbocycles. The average molecular weight is 1580 g/mol. The van der Waals surface area contributed by atoms with Gasteiger partial charge in [0, 0.05) is 154 Å². The molecular formula is C72H79ClF2N16O11S5. The number of nitrogens with zero attached hydrogens (tertiary/aromatic N) is 12. The van der Waals surface area contributed by atoms with Gasteiger partial charge in [-0.05, 0) is 135 Å². The molecule has 4 aliphatic heterocycles. The van der Waals surface area contributed by atoms with Crippen LogP contribution in [-0.4, -0.2) is 177 Å². The number of rotatable bonds is 18. The number of sulfonamides is 3. The number of anilines is 7. The number of hydrogen-bond donors (Lipinski definition) is 4. The minimum absolute atomic E-state index is 0. The van der Waals surface area contributed by atoms with Crippen LogP contribution >= 0.6 is 34.3 Å². The SMILES string of the molecule is C[C@@H](C(=O)N1CCN(c2ccc(S(=O)(=O)Nc3nccs3)cc2)C(=O)C1)n1ccc2cccc(F)c21.C[C@H]1CN(c2ccc(S(=O)(=O)Nc3ccncn3)cc2)CCN1C(=O)CCN1CCc2cccc(Cl)c21.O=C(c1c[nH]c2cccc(F)c12)N1CCN(c2ccc(S(=O)(=O)Nc3nccs3)cc2)C(=O)C1.[HH].[HH].[HH].[HH].[HH]. The predicted octanol–water partition coefficient (Wildman–Crippen LogP) is 11.2. The Morgan fingerprint density at radius 2 is 1.22 bits per heavy atom. The number of carbonyl (C=O) groups excluding carboxylic acids is 5. The molecule has 0 unspecified atom stereocenters. The number of aromatic nitrogens is 6. The van der Waals surface area contributed by atoms with Crippen molar-refractivity contribution in [2.75, 3.05) is 106 Å². The largest absolute Gasteiger partial charge is 0.369 e. The summed E-state index contributed by atoms with van der Waals surface area (Å²) in [6.45, 7) is 7.96. The lowest BCUT2D eigenvalue weighted by Gasteiger charge is -2.41. The van der Waals surface area contributed by atoms with Gasteiger partial charge in [-0.1, -0.05) is 41.9 Å². The van der Waals surface area contributed by atoms with E-state index >= 15 is 0 Å². The van der Waals surface area contributed by atoms with Crippen molar-refractivity contribution >= 4 is 155 Å². The monoisotopic (exact) mass is 1580 g/mol. The summed E-state index contributed by atoms with van der Waals surface area (Å²) in [6.07, 6.45) is 10.3. The van der Waals surface area contributed by atoms with Crippen LogP contribution in [0.4, 0.5) is 47.6 Å². The molecule has 564 valence electrons. The van der Waals surface area contributed by atoms with Crippen LogP contribution in [0.5, 0.6) is 0 Å². The Labute approximate surface area is 634 Å². The smallest absolute Gasteiger partial charge is 0.263 e. The maximum atomic E-state index is 14.4. The Morgan fingerprint density at radius 1 is 0.645 bits per heavy atom. The normalized spacial score (nSPS) is 15.9. The van der Waals surface area contributed by atoms with Gasteiger partial charge in [-0.3, -0.25) is 38.1 Å². The van der Waals surface area contributed by atoms with E-state index in [-0.39, 0.29) is 111 Å². The third-order valence-electron chi connectivity index (χ3n) is 18.5. The standard InChI is InChI=1S/C26H29ClN6O3S.C24H22FN5O4S2.C22H18FN5O4S2.5H2/c1-19-17-32(21-5-7-22(8-6-21)37(35,36)30-24-9-12-28-18-29-24)15-16-33(19)25(34)11-14-31-13-10-20-3-2-4-23(27)26(20)31;1-16(29-11-9-17-3-2-4-20(25)22(17)29)23(32)28-12-13-30(21(31)15-28)18-5-7-19(8-6-18)36(33,34)27-24-26-10-14-35-24;23-17-2-1-3-18-20(17)16(12-25-18)21(30)27-9-10-28(19(29)13-27)14-4-6-15(7-5-14)34(31,32)26-22-24-8-11-33-22;;;;;/h2-9,12,18-19H,10-11,13-17H2,1H3,(H,28,29,30);2-11,14,16H,12-13,15H2,1H3,(H,26,27);1-8,11-12,25H,9-10,13H2,(H,24,26);5*1H/t19-;16-;;;;;;/m00....../s1. The molecule has 5 amide bonds. The van der Waals surface area contributed by atoms with Crippen molar-refractivity contribution in [1.29, 1.82) is 0 Å². The molecule has 2 atom stereocenters. The van der Waals surface area contributed by atoms with Crippen molar-refractivity contribution in [3.05, 3.63) is 215 Å². The van der Waals surface area contributed by atoms with E-state index in [0.717, 1.165) is 40.7 Å². The molecule has 4 aliphatic rings. The van der Waals surface area contributed by atoms with E-state index in [1.807, 2.05) is 17.0 Å². The van der Waals surface area contributed by atoms with Crippen LogP contribution in [-0.2, 0) is 55.7 Å². The van der Waals surface area contributed by atoms with Gasteiger partial charge in [0.2, 0.25) is 23.6 Å². The number of hydrogen-bond acceptors (Lipinski definition) is 19. The second-order valence-corrected chi connectivity index (χ2v) is 32.4. The molecule has 35 heteroatoms. The molecule has 15 rings (SSSR count). The van der Waals surface area contributed by atoms with E-state index in [1.54, 1.807) is 107 Å². The van der Waals surface area contributed by atoms with Gasteiger partial charge in [-0.15, -0.1) is 22.7 Å². The van der Waals surface area contributed by atoms with E-state index in [1.165, 1.54) is 110 Å². The highest BCUT2D eigenvalue weighted by atomic mass is 35.5. The summed E-state index contributed by atoms with van der Waals surface area (Å²) < 4.78 is 113. The third-order valence-corrected chi connectivity index (χ3v) is 24.6. The predicted molar refractivity (Wildman–Crippen MR) is 416 cm³/mol. The number of nitrogens with one attached hydrogen (secondary N) is 4. The molecule has 4 N–H and O–H groups in total. The minimum atomic E-state index is -3.80. The topological polar surface area (TPSA) is 319 Å². The van der Waals surface area contributed by atoms with Crippen LogP contribution in [0.15, 0.2) is 202 Å². The third kappa shape index (κ3) is 16.6. The number of H-pyrrole nitrogens is 1. The van der Waals surface area contributed by atoms with Crippen LogP contribution in [0.3, 0.4) is 0 Å². The van der Waals surface area contributed by atoms with Gasteiger partial charge in [0.1, 0.15) is 42.9 Å². The van der Waals surface area contributed by atoms with Gasteiger partial charge in [0.15, 0.2) is 10.3 Å². The zero-order valence-corrected chi connectivity index (χ0v) is 62.1. The summed E-state index contributed by atoms with van der Waals surface area (Å²) in [5, 5.41) is 5.49. The van der Waals surface area contributed by atoms with E-state index in [4.69, 9.17) is 11.6 Å². The zero-order valence-electron chi connectivity index (χ0n) is 57.3. The highest BCUT2D eigenvalue weighted by Gasteiger charge is 2.35. The highest BCUT2D eigenvalue weighted by Crippen LogP contribution is 2.36. The molecule has 0 aliphatic carbocycles. The maximum absolute atomic E-state index is 14.4. The molecule has 27 nitrogen and oxygen atoms in total. The lowest BCUT2D eigenvalue weighted by molar-refractivity contribution is -0.139. The molecular weight excluding hydrogens is 1500 g/mol. The Balaban J connectivity index is 0.000000206. The zero-order chi connectivity index (χ0) is 75.3. The molecule has 9 heterocycles. The van der Waals surface area contributed by atoms with Crippen LogP contribution in [0, 0.1) is 11.6 Å². The Morgan fingerprint density at radius 3 is 1.81 bits per heavy atom. The number of amides is 5. The summed E-state index contributed by atoms with van der Waals surface area (Å²) in [6, 6.07) is 36.5. The number of piperazine rings is 3. The van der Waals surface area contributed by atoms with Crippen molar-refractivity contribution in [2.45, 2.75) is 53.5 Å².